The number of hydrogen-bond donors (Lipinski definition) is 2. The van der Waals surface area contributed by atoms with Crippen LogP contribution in [0.25, 0.3) is 0 Å². The number of sulfonamides is 1. The van der Waals surface area contributed by atoms with Gasteiger partial charge in [0.05, 0.1) is 11.5 Å². The third kappa shape index (κ3) is 3.37. The smallest absolute Gasteiger partial charge is 0.272 e. The maximum absolute atomic E-state index is 12.6. The van der Waals surface area contributed by atoms with Gasteiger partial charge in [-0.1, -0.05) is 6.07 Å². The van der Waals surface area contributed by atoms with E-state index in [9.17, 15) is 13.2 Å². The second kappa shape index (κ2) is 6.82. The molecule has 138 valence electrons. The highest BCUT2D eigenvalue weighted by Gasteiger charge is 2.26. The summed E-state index contributed by atoms with van der Waals surface area (Å²) < 4.78 is 33.0. The molecule has 1 unspecified atom stereocenters. The third-order valence-electron chi connectivity index (χ3n) is 4.77. The van der Waals surface area contributed by atoms with Gasteiger partial charge in [-0.2, -0.15) is 5.10 Å². The highest BCUT2D eigenvalue weighted by atomic mass is 32.2. The van der Waals surface area contributed by atoms with Crippen LogP contribution in [0.5, 0.6) is 0 Å². The molecule has 26 heavy (non-hydrogen) atoms. The van der Waals surface area contributed by atoms with Crippen LogP contribution in [-0.4, -0.2) is 55.2 Å². The maximum Gasteiger partial charge on any atom is 0.272 e. The molecule has 2 aliphatic heterocycles. The van der Waals surface area contributed by atoms with Crippen LogP contribution in [0.2, 0.25) is 0 Å². The van der Waals surface area contributed by atoms with E-state index < -0.39 is 10.0 Å². The molecule has 0 saturated carbocycles. The number of nitrogens with one attached hydrogen (secondary N) is 2. The number of fused-ring (bicyclic) bond motifs is 1. The van der Waals surface area contributed by atoms with Gasteiger partial charge in [0.2, 0.25) is 10.0 Å². The SMILES string of the molecule is O=C(c1ccn[nH]1)N1CCc2cc(S(=O)(=O)NC3CCOC3)ccc2C1. The zero-order valence-electron chi connectivity index (χ0n) is 14.1. The molecule has 0 bridgehead atoms. The van der Waals surface area contributed by atoms with Crippen molar-refractivity contribution in [3.05, 3.63) is 47.3 Å². The molecular formula is C17H20N4O4S. The second-order valence-electron chi connectivity index (χ2n) is 6.56. The number of rotatable bonds is 4. The Labute approximate surface area is 151 Å². The first-order valence-corrected chi connectivity index (χ1v) is 10.0. The number of nitrogens with zero attached hydrogens (tertiary/aromatic N) is 2. The molecular weight excluding hydrogens is 356 g/mol. The number of aromatic nitrogens is 2. The predicted octanol–water partition coefficient (Wildman–Crippen LogP) is 0.675. The molecule has 0 aliphatic carbocycles. The topological polar surface area (TPSA) is 104 Å². The molecule has 1 saturated heterocycles. The van der Waals surface area contributed by atoms with Crippen molar-refractivity contribution in [2.24, 2.45) is 0 Å². The fourth-order valence-electron chi connectivity index (χ4n) is 3.33. The lowest BCUT2D eigenvalue weighted by molar-refractivity contribution is 0.0728. The molecule has 8 nitrogen and oxygen atoms in total. The van der Waals surface area contributed by atoms with E-state index in [-0.39, 0.29) is 16.8 Å². The first-order valence-electron chi connectivity index (χ1n) is 8.53. The van der Waals surface area contributed by atoms with Crippen LogP contribution >= 0.6 is 0 Å². The molecule has 3 heterocycles. The summed E-state index contributed by atoms with van der Waals surface area (Å²) in [6.07, 6.45) is 2.85. The van der Waals surface area contributed by atoms with Crippen molar-refractivity contribution in [1.82, 2.24) is 19.8 Å². The van der Waals surface area contributed by atoms with Crippen molar-refractivity contribution >= 4 is 15.9 Å². The minimum Gasteiger partial charge on any atom is -0.380 e. The summed E-state index contributed by atoms with van der Waals surface area (Å²) in [7, 11) is -3.57. The number of aromatic amines is 1. The first-order chi connectivity index (χ1) is 12.5. The largest absolute Gasteiger partial charge is 0.380 e. The molecule has 1 atom stereocenters. The van der Waals surface area contributed by atoms with E-state index in [0.717, 1.165) is 11.1 Å². The number of benzene rings is 1. The monoisotopic (exact) mass is 376 g/mol. The Balaban J connectivity index is 1.51. The highest BCUT2D eigenvalue weighted by Crippen LogP contribution is 2.24. The molecule has 2 aliphatic rings. The summed E-state index contributed by atoms with van der Waals surface area (Å²) in [6, 6.07) is 6.58. The summed E-state index contributed by atoms with van der Waals surface area (Å²) in [5.41, 5.74) is 2.38. The summed E-state index contributed by atoms with van der Waals surface area (Å²) in [5, 5.41) is 6.49. The molecule has 4 rings (SSSR count). The van der Waals surface area contributed by atoms with E-state index >= 15 is 0 Å². The Morgan fingerprint density at radius 3 is 2.92 bits per heavy atom. The normalized spacial score (nSPS) is 20.2. The molecule has 9 heteroatoms. The van der Waals surface area contributed by atoms with Gasteiger partial charge in [-0.05, 0) is 42.2 Å². The van der Waals surface area contributed by atoms with Crippen LogP contribution in [0.4, 0.5) is 0 Å². The van der Waals surface area contributed by atoms with Crippen LogP contribution in [0.15, 0.2) is 35.4 Å². The molecule has 1 aromatic carbocycles. The Morgan fingerprint density at radius 1 is 1.31 bits per heavy atom. The molecule has 2 N–H and O–H groups in total. The molecule has 2 aromatic rings. The van der Waals surface area contributed by atoms with Gasteiger partial charge in [-0.3, -0.25) is 9.89 Å². The van der Waals surface area contributed by atoms with Crippen molar-refractivity contribution in [2.45, 2.75) is 30.3 Å². The Kier molecular flexibility index (Phi) is 4.51. The number of H-pyrrole nitrogens is 1. The lowest BCUT2D eigenvalue weighted by atomic mass is 9.99. The molecule has 0 spiro atoms. The van der Waals surface area contributed by atoms with Gasteiger partial charge in [-0.15, -0.1) is 0 Å². The summed E-state index contributed by atoms with van der Waals surface area (Å²) >= 11 is 0. The van der Waals surface area contributed by atoms with Crippen molar-refractivity contribution in [3.8, 4) is 0 Å². The van der Waals surface area contributed by atoms with E-state index in [2.05, 4.69) is 14.9 Å². The van der Waals surface area contributed by atoms with E-state index in [1.165, 1.54) is 0 Å². The molecule has 1 amide bonds. The lowest BCUT2D eigenvalue weighted by Crippen LogP contribution is -2.37. The van der Waals surface area contributed by atoms with Crippen LogP contribution in [-0.2, 0) is 27.7 Å². The van der Waals surface area contributed by atoms with Crippen molar-refractivity contribution < 1.29 is 17.9 Å². The van der Waals surface area contributed by atoms with Crippen LogP contribution in [0.3, 0.4) is 0 Å². The lowest BCUT2D eigenvalue weighted by Gasteiger charge is -2.28. The Bertz CT molecular complexity index is 905. The zero-order valence-corrected chi connectivity index (χ0v) is 15.0. The van der Waals surface area contributed by atoms with Gasteiger partial charge in [0.1, 0.15) is 5.69 Å². The minimum absolute atomic E-state index is 0.104. The fourth-order valence-corrected chi connectivity index (χ4v) is 4.64. The number of amides is 1. The number of carbonyl (C=O) groups is 1. The van der Waals surface area contributed by atoms with E-state index in [1.807, 2.05) is 0 Å². The first kappa shape index (κ1) is 17.2. The fraction of sp³-hybridized carbons (Fsp3) is 0.412. The average molecular weight is 376 g/mol. The third-order valence-corrected chi connectivity index (χ3v) is 6.29. The van der Waals surface area contributed by atoms with Gasteiger partial charge < -0.3 is 9.64 Å². The van der Waals surface area contributed by atoms with Crippen molar-refractivity contribution in [2.75, 3.05) is 19.8 Å². The molecule has 0 radical (unpaired) electrons. The summed E-state index contributed by atoms with van der Waals surface area (Å²) in [6.45, 7) is 1.99. The standard InChI is InChI=1S/C17H20N4O4S/c22-17(16-3-6-18-19-16)21-7-4-12-9-15(2-1-13(12)10-21)26(23,24)20-14-5-8-25-11-14/h1-3,6,9,14,20H,4-5,7-8,10-11H2,(H,18,19). The molecule has 1 fully saturated rings. The maximum atomic E-state index is 12.6. The van der Waals surface area contributed by atoms with Crippen LogP contribution in [0.1, 0.15) is 28.0 Å². The number of carbonyl (C=O) groups excluding carboxylic acids is 1. The molecule has 1 aromatic heterocycles. The van der Waals surface area contributed by atoms with Gasteiger partial charge in [0.25, 0.3) is 5.91 Å². The zero-order chi connectivity index (χ0) is 18.1. The van der Waals surface area contributed by atoms with Crippen molar-refractivity contribution in [1.29, 1.82) is 0 Å². The quantitative estimate of drug-likeness (QED) is 0.816. The summed E-state index contributed by atoms with van der Waals surface area (Å²) in [4.78, 5) is 14.4. The average Bonchev–Trinajstić information content (AvgIpc) is 3.33. The van der Waals surface area contributed by atoms with E-state index in [1.54, 1.807) is 35.4 Å². The van der Waals surface area contributed by atoms with Crippen LogP contribution < -0.4 is 4.72 Å². The van der Waals surface area contributed by atoms with Gasteiger partial charge in [0, 0.05) is 31.9 Å². The van der Waals surface area contributed by atoms with Crippen LogP contribution in [0, 0.1) is 0 Å². The Hall–Kier alpha value is -2.23. The van der Waals surface area contributed by atoms with Gasteiger partial charge in [-0.25, -0.2) is 13.1 Å². The van der Waals surface area contributed by atoms with Crippen molar-refractivity contribution in [3.63, 3.8) is 0 Å². The Morgan fingerprint density at radius 2 is 2.19 bits per heavy atom. The van der Waals surface area contributed by atoms with Gasteiger partial charge >= 0.3 is 0 Å². The number of ether oxygens (including phenoxy) is 1. The summed E-state index contributed by atoms with van der Waals surface area (Å²) in [5.74, 6) is -0.104. The second-order valence-corrected chi connectivity index (χ2v) is 8.27. The van der Waals surface area contributed by atoms with Gasteiger partial charge in [0.15, 0.2) is 0 Å². The van der Waals surface area contributed by atoms with E-state index in [0.29, 0.717) is 44.8 Å². The number of hydrogen-bond acceptors (Lipinski definition) is 5. The predicted molar refractivity (Wildman–Crippen MR) is 93.0 cm³/mol. The minimum atomic E-state index is -3.57. The highest BCUT2D eigenvalue weighted by molar-refractivity contribution is 7.89. The van der Waals surface area contributed by atoms with E-state index in [4.69, 9.17) is 4.74 Å².